The number of benzene rings is 1. The molecule has 0 saturated carbocycles. The minimum atomic E-state index is 1.23. The van der Waals surface area contributed by atoms with E-state index in [4.69, 9.17) is 0 Å². The van der Waals surface area contributed by atoms with Crippen LogP contribution in [0.4, 0.5) is 0 Å². The molecule has 1 aromatic heterocycles. The topological polar surface area (TPSA) is 0 Å². The molecule has 2 heteroatoms. The molecule has 0 aliphatic rings. The van der Waals surface area contributed by atoms with Gasteiger partial charge in [-0.25, -0.2) is 0 Å². The molecule has 0 unspecified atom stereocenters. The van der Waals surface area contributed by atoms with Crippen molar-refractivity contribution in [1.82, 2.24) is 0 Å². The maximum Gasteiger partial charge on any atom is 0.0631 e. The highest BCUT2D eigenvalue weighted by Crippen LogP contribution is 2.33. The van der Waals surface area contributed by atoms with Gasteiger partial charge in [0.25, 0.3) is 0 Å². The summed E-state index contributed by atoms with van der Waals surface area (Å²) in [5.41, 5.74) is 5.33. The average Bonchev–Trinajstić information content (AvgIpc) is 2.81. The molecule has 1 heterocycles. The molecule has 0 saturated heterocycles. The molecule has 2 aromatic rings. The van der Waals surface area contributed by atoms with Gasteiger partial charge in [-0.15, -0.1) is 23.1 Å². The van der Waals surface area contributed by atoms with Crippen LogP contribution in [0.3, 0.4) is 0 Å². The van der Waals surface area contributed by atoms with E-state index in [9.17, 15) is 0 Å². The zero-order valence-corrected chi connectivity index (χ0v) is 13.1. The van der Waals surface area contributed by atoms with E-state index in [2.05, 4.69) is 68.0 Å². The van der Waals surface area contributed by atoms with E-state index in [0.717, 1.165) is 0 Å². The van der Waals surface area contributed by atoms with Crippen molar-refractivity contribution in [1.29, 1.82) is 0 Å². The predicted octanol–water partition coefficient (Wildman–Crippen LogP) is 5.90. The van der Waals surface area contributed by atoms with E-state index < -0.39 is 0 Å². The normalized spacial score (nSPS) is 12.3. The molecule has 0 aliphatic carbocycles. The molecule has 0 nitrogen and oxygen atoms in total. The lowest BCUT2D eigenvalue weighted by Crippen LogP contribution is -1.79. The zero-order chi connectivity index (χ0) is 13.7. The number of thiophene rings is 1. The van der Waals surface area contributed by atoms with Crippen LogP contribution in [0.2, 0.25) is 0 Å². The average molecular weight is 286 g/mol. The zero-order valence-electron chi connectivity index (χ0n) is 11.5. The fourth-order valence-electron chi connectivity index (χ4n) is 1.95. The van der Waals surface area contributed by atoms with Gasteiger partial charge in [-0.1, -0.05) is 48.6 Å². The molecule has 98 valence electrons. The Labute approximate surface area is 123 Å². The smallest absolute Gasteiger partial charge is 0.0631 e. The largest absolute Gasteiger partial charge is 0.137 e. The van der Waals surface area contributed by atoms with Gasteiger partial charge in [0.2, 0.25) is 0 Å². The third-order valence-corrected chi connectivity index (χ3v) is 5.38. The Hall–Kier alpha value is -1.25. The van der Waals surface area contributed by atoms with Crippen molar-refractivity contribution >= 4 is 34.7 Å². The molecule has 19 heavy (non-hydrogen) atoms. The van der Waals surface area contributed by atoms with Crippen LogP contribution in [0, 0.1) is 6.92 Å². The Bertz CT molecular complexity index is 589. The van der Waals surface area contributed by atoms with Crippen molar-refractivity contribution in [2.45, 2.75) is 18.1 Å². The fraction of sp³-hybridized carbons (Fsp3) is 0.176. The summed E-state index contributed by atoms with van der Waals surface area (Å²) in [5, 5.41) is 2.25. The van der Waals surface area contributed by atoms with Crippen LogP contribution in [0.1, 0.15) is 23.6 Å². The van der Waals surface area contributed by atoms with Crippen molar-refractivity contribution < 1.29 is 0 Å². The summed E-state index contributed by atoms with van der Waals surface area (Å²) in [6.45, 7) is 4.38. The molecule has 1 aromatic carbocycles. The molecule has 0 spiro atoms. The second kappa shape index (κ2) is 6.78. The first-order valence-corrected chi connectivity index (χ1v) is 8.35. The van der Waals surface area contributed by atoms with Crippen LogP contribution < -0.4 is 0 Å². The van der Waals surface area contributed by atoms with Crippen molar-refractivity contribution in [3.05, 3.63) is 64.6 Å². The molecular weight excluding hydrogens is 268 g/mol. The van der Waals surface area contributed by atoms with Gasteiger partial charge >= 0.3 is 0 Å². The maximum absolute atomic E-state index is 2.25. The van der Waals surface area contributed by atoms with Gasteiger partial charge in [0.05, 0.1) is 4.21 Å². The van der Waals surface area contributed by atoms with Gasteiger partial charge < -0.3 is 0 Å². The maximum atomic E-state index is 2.25. The van der Waals surface area contributed by atoms with E-state index in [1.54, 1.807) is 0 Å². The van der Waals surface area contributed by atoms with Crippen molar-refractivity contribution in [2.24, 2.45) is 0 Å². The molecule has 2 rings (SSSR count). The van der Waals surface area contributed by atoms with E-state index in [1.165, 1.54) is 26.5 Å². The molecule has 0 N–H and O–H groups in total. The van der Waals surface area contributed by atoms with E-state index in [-0.39, 0.29) is 0 Å². The Morgan fingerprint density at radius 3 is 2.58 bits per heavy atom. The summed E-state index contributed by atoms with van der Waals surface area (Å²) < 4.78 is 1.41. The Morgan fingerprint density at radius 2 is 1.95 bits per heavy atom. The number of hydrogen-bond acceptors (Lipinski definition) is 2. The summed E-state index contributed by atoms with van der Waals surface area (Å²) >= 11 is 3.66. The van der Waals surface area contributed by atoms with Gasteiger partial charge in [-0.3, -0.25) is 0 Å². The first-order valence-electron chi connectivity index (χ1n) is 6.25. The van der Waals surface area contributed by atoms with Crippen LogP contribution in [0.5, 0.6) is 0 Å². The van der Waals surface area contributed by atoms with Crippen LogP contribution in [-0.4, -0.2) is 6.26 Å². The number of hydrogen-bond donors (Lipinski definition) is 0. The molecule has 0 amide bonds. The Morgan fingerprint density at radius 1 is 1.21 bits per heavy atom. The van der Waals surface area contributed by atoms with Crippen molar-refractivity contribution in [2.75, 3.05) is 6.26 Å². The summed E-state index contributed by atoms with van der Waals surface area (Å²) in [7, 11) is 0. The summed E-state index contributed by atoms with van der Waals surface area (Å²) in [6, 6.07) is 10.4. The first kappa shape index (κ1) is 14.2. The van der Waals surface area contributed by atoms with E-state index >= 15 is 0 Å². The number of rotatable bonds is 4. The van der Waals surface area contributed by atoms with Crippen LogP contribution in [-0.2, 0) is 0 Å². The highest BCUT2D eigenvalue weighted by Gasteiger charge is 2.06. The third kappa shape index (κ3) is 3.62. The lowest BCUT2D eigenvalue weighted by molar-refractivity contribution is 1.39. The van der Waals surface area contributed by atoms with E-state index in [0.29, 0.717) is 0 Å². The molecule has 0 atom stereocenters. The van der Waals surface area contributed by atoms with Crippen LogP contribution in [0.25, 0.3) is 11.6 Å². The lowest BCUT2D eigenvalue weighted by Gasteiger charge is -2.00. The minimum Gasteiger partial charge on any atom is -0.137 e. The van der Waals surface area contributed by atoms with Gasteiger partial charge in [0.1, 0.15) is 0 Å². The SMILES string of the molecule is CSc1scc(/C(C)=C/C=C/c2ccccc2)c1C. The van der Waals surface area contributed by atoms with Gasteiger partial charge in [-0.05, 0) is 47.7 Å². The lowest BCUT2D eigenvalue weighted by atomic mass is 10.1. The molecule has 0 bridgehead atoms. The highest BCUT2D eigenvalue weighted by atomic mass is 32.2. The molecule has 0 aliphatic heterocycles. The highest BCUT2D eigenvalue weighted by molar-refractivity contribution is 8.00. The summed E-state index contributed by atoms with van der Waals surface area (Å²) in [5.74, 6) is 0. The van der Waals surface area contributed by atoms with Crippen molar-refractivity contribution in [3.63, 3.8) is 0 Å². The van der Waals surface area contributed by atoms with E-state index in [1.807, 2.05) is 29.2 Å². The van der Waals surface area contributed by atoms with Gasteiger partial charge in [0, 0.05) is 0 Å². The molecular formula is C17H18S2. The number of allylic oxidation sites excluding steroid dienone is 3. The first-order chi connectivity index (χ1) is 9.22. The molecule has 0 fully saturated rings. The van der Waals surface area contributed by atoms with Gasteiger partial charge in [-0.2, -0.15) is 0 Å². The monoisotopic (exact) mass is 286 g/mol. The molecule has 0 radical (unpaired) electrons. The summed E-state index contributed by atoms with van der Waals surface area (Å²) in [6.07, 6.45) is 8.59. The third-order valence-electron chi connectivity index (χ3n) is 3.04. The quantitative estimate of drug-likeness (QED) is 0.498. The van der Waals surface area contributed by atoms with Crippen LogP contribution in [0.15, 0.2) is 52.1 Å². The second-order valence-corrected chi connectivity index (χ2v) is 6.34. The van der Waals surface area contributed by atoms with Gasteiger partial charge in [0.15, 0.2) is 0 Å². The Kier molecular flexibility index (Phi) is 5.06. The predicted molar refractivity (Wildman–Crippen MR) is 90.0 cm³/mol. The standard InChI is InChI=1S/C17H18S2/c1-13(16-12-19-17(18-3)14(16)2)8-7-11-15-9-5-4-6-10-15/h4-12H,1-3H3/b11-7+,13-8+. The van der Waals surface area contributed by atoms with Crippen LogP contribution >= 0.6 is 23.1 Å². The second-order valence-electron chi connectivity index (χ2n) is 4.39. The summed E-state index contributed by atoms with van der Waals surface area (Å²) in [4.78, 5) is 0. The number of thioether (sulfide) groups is 1. The minimum absolute atomic E-state index is 1.23. The Balaban J connectivity index is 2.15. The van der Waals surface area contributed by atoms with Crippen molar-refractivity contribution in [3.8, 4) is 0 Å². The fourth-order valence-corrected chi connectivity index (χ4v) is 3.77.